The second-order valence-corrected chi connectivity index (χ2v) is 8.69. The average molecular weight is 346 g/mol. The Morgan fingerprint density at radius 1 is 1.40 bits per heavy atom. The fraction of sp³-hybridized carbons (Fsp3) is 0.684. The van der Waals surface area contributed by atoms with Crippen LogP contribution in [0.1, 0.15) is 44.0 Å². The Morgan fingerprint density at radius 3 is 2.88 bits per heavy atom. The topological polar surface area (TPSA) is 71.8 Å². The van der Waals surface area contributed by atoms with Crippen molar-refractivity contribution < 1.29 is 18.7 Å². The number of amides is 2. The van der Waals surface area contributed by atoms with Crippen LogP contribution in [-0.4, -0.2) is 48.1 Å². The van der Waals surface area contributed by atoms with Gasteiger partial charge in [0.25, 0.3) is 5.91 Å². The normalized spacial score (nSPS) is 33.6. The first kappa shape index (κ1) is 16.6. The minimum atomic E-state index is -0.377. The summed E-state index contributed by atoms with van der Waals surface area (Å²) in [6, 6.07) is 1.66. The van der Waals surface area contributed by atoms with E-state index >= 15 is 0 Å². The third kappa shape index (κ3) is 2.67. The summed E-state index contributed by atoms with van der Waals surface area (Å²) in [4.78, 5) is 26.8. The van der Waals surface area contributed by atoms with Crippen LogP contribution < -0.4 is 5.32 Å². The first-order chi connectivity index (χ1) is 11.8. The van der Waals surface area contributed by atoms with Gasteiger partial charge in [-0.15, -0.1) is 0 Å². The summed E-state index contributed by atoms with van der Waals surface area (Å²) in [6.07, 6.45) is 5.18. The van der Waals surface area contributed by atoms with E-state index in [4.69, 9.17) is 9.15 Å². The molecular weight excluding hydrogens is 320 g/mol. The van der Waals surface area contributed by atoms with Gasteiger partial charge in [-0.05, 0) is 18.9 Å². The van der Waals surface area contributed by atoms with Crippen LogP contribution in [0.5, 0.6) is 0 Å². The van der Waals surface area contributed by atoms with Gasteiger partial charge in [-0.25, -0.2) is 0 Å². The summed E-state index contributed by atoms with van der Waals surface area (Å²) in [5.74, 6) is 0.639. The number of nitrogens with zero attached hydrogens (tertiary/aromatic N) is 1. The van der Waals surface area contributed by atoms with Crippen molar-refractivity contribution in [3.63, 3.8) is 0 Å². The van der Waals surface area contributed by atoms with Gasteiger partial charge in [0, 0.05) is 30.3 Å². The molecule has 0 radical (unpaired) electrons. The molecule has 1 N–H and O–H groups in total. The summed E-state index contributed by atoms with van der Waals surface area (Å²) in [6.45, 7) is 7.89. The summed E-state index contributed by atoms with van der Waals surface area (Å²) < 4.78 is 11.3. The molecule has 6 nitrogen and oxygen atoms in total. The van der Waals surface area contributed by atoms with Crippen molar-refractivity contribution in [3.05, 3.63) is 24.2 Å². The smallest absolute Gasteiger partial charge is 0.254 e. The minimum absolute atomic E-state index is 0.119. The highest BCUT2D eigenvalue weighted by atomic mass is 16.5. The van der Waals surface area contributed by atoms with Crippen LogP contribution in [0.4, 0.5) is 0 Å². The molecule has 0 aromatic carbocycles. The Hall–Kier alpha value is -1.82. The van der Waals surface area contributed by atoms with Crippen LogP contribution >= 0.6 is 0 Å². The lowest BCUT2D eigenvalue weighted by Crippen LogP contribution is -2.41. The number of hydrogen-bond acceptors (Lipinski definition) is 4. The molecule has 136 valence electrons. The van der Waals surface area contributed by atoms with E-state index < -0.39 is 0 Å². The third-order valence-corrected chi connectivity index (χ3v) is 5.99. The Balaban J connectivity index is 1.45. The first-order valence-electron chi connectivity index (χ1n) is 9.08. The van der Waals surface area contributed by atoms with Gasteiger partial charge in [0.2, 0.25) is 5.91 Å². The minimum Gasteiger partial charge on any atom is -0.472 e. The molecule has 1 aromatic rings. The number of carbonyl (C=O) groups excluding carboxylic acids is 2. The predicted molar refractivity (Wildman–Crippen MR) is 90.9 cm³/mol. The van der Waals surface area contributed by atoms with Crippen molar-refractivity contribution >= 4 is 11.8 Å². The molecule has 3 aliphatic rings. The monoisotopic (exact) mass is 346 g/mol. The Morgan fingerprint density at radius 2 is 2.20 bits per heavy atom. The molecule has 2 amide bonds. The lowest BCUT2D eigenvalue weighted by atomic mass is 9.73. The van der Waals surface area contributed by atoms with E-state index in [1.165, 1.54) is 12.5 Å². The number of carbonyl (C=O) groups is 2. The highest BCUT2D eigenvalue weighted by Crippen LogP contribution is 2.55. The lowest BCUT2D eigenvalue weighted by Gasteiger charge is -2.29. The molecular formula is C19H26N2O4. The Kier molecular flexibility index (Phi) is 3.72. The van der Waals surface area contributed by atoms with Crippen molar-refractivity contribution in [2.75, 3.05) is 19.6 Å². The number of likely N-dealkylation sites (tertiary alicyclic amines) is 1. The number of hydrogen-bond donors (Lipinski definition) is 1. The second-order valence-electron chi connectivity index (χ2n) is 8.69. The zero-order valence-electron chi connectivity index (χ0n) is 15.1. The molecule has 0 aliphatic carbocycles. The Labute approximate surface area is 147 Å². The van der Waals surface area contributed by atoms with E-state index in [0.717, 1.165) is 19.4 Å². The van der Waals surface area contributed by atoms with E-state index in [0.29, 0.717) is 24.6 Å². The fourth-order valence-electron chi connectivity index (χ4n) is 4.80. The molecule has 1 spiro atoms. The molecule has 3 saturated heterocycles. The van der Waals surface area contributed by atoms with Gasteiger partial charge >= 0.3 is 0 Å². The highest BCUT2D eigenvalue weighted by molar-refractivity contribution is 5.93. The third-order valence-electron chi connectivity index (χ3n) is 5.99. The standard InChI is InChI=1S/C19H26N2O4/c1-18(2,3)17(23)21-9-14-13(15-4-6-19(14,11-21)25-15)8-20-16(22)12-5-7-24-10-12/h5,7,10,13-15H,4,6,8-9,11H2,1-3H3,(H,20,22)/t13-,14+,15+,19+/m0/s1. The number of rotatable bonds is 3. The van der Waals surface area contributed by atoms with Gasteiger partial charge in [-0.3, -0.25) is 9.59 Å². The van der Waals surface area contributed by atoms with Crippen LogP contribution in [0.15, 0.2) is 23.0 Å². The largest absolute Gasteiger partial charge is 0.472 e. The summed E-state index contributed by atoms with van der Waals surface area (Å²) in [5.41, 5.74) is -0.0377. The quantitative estimate of drug-likeness (QED) is 0.909. The molecule has 0 unspecified atom stereocenters. The van der Waals surface area contributed by atoms with Gasteiger partial charge in [-0.1, -0.05) is 20.8 Å². The van der Waals surface area contributed by atoms with Crippen LogP contribution in [0.3, 0.4) is 0 Å². The molecule has 25 heavy (non-hydrogen) atoms. The van der Waals surface area contributed by atoms with E-state index in [9.17, 15) is 9.59 Å². The molecule has 3 fully saturated rings. The maximum absolute atomic E-state index is 12.7. The molecule has 3 aliphatic heterocycles. The molecule has 4 atom stereocenters. The lowest BCUT2D eigenvalue weighted by molar-refractivity contribution is -0.139. The molecule has 0 saturated carbocycles. The van der Waals surface area contributed by atoms with Crippen molar-refractivity contribution in [3.8, 4) is 0 Å². The molecule has 6 heteroatoms. The number of ether oxygens (including phenoxy) is 1. The summed E-state index contributed by atoms with van der Waals surface area (Å²) >= 11 is 0. The van der Waals surface area contributed by atoms with Crippen molar-refractivity contribution in [2.24, 2.45) is 17.3 Å². The summed E-state index contributed by atoms with van der Waals surface area (Å²) in [7, 11) is 0. The maximum Gasteiger partial charge on any atom is 0.254 e. The zero-order valence-corrected chi connectivity index (χ0v) is 15.1. The van der Waals surface area contributed by atoms with Crippen molar-refractivity contribution in [2.45, 2.75) is 45.3 Å². The zero-order chi connectivity index (χ0) is 17.8. The molecule has 1 aromatic heterocycles. The highest BCUT2D eigenvalue weighted by Gasteiger charge is 2.63. The van der Waals surface area contributed by atoms with Gasteiger partial charge in [0.1, 0.15) is 6.26 Å². The van der Waals surface area contributed by atoms with E-state index in [1.807, 2.05) is 25.7 Å². The van der Waals surface area contributed by atoms with Crippen LogP contribution in [0.2, 0.25) is 0 Å². The predicted octanol–water partition coefficient (Wildman–Crippen LogP) is 2.06. The molecule has 2 bridgehead atoms. The first-order valence-corrected chi connectivity index (χ1v) is 9.08. The van der Waals surface area contributed by atoms with Crippen LogP contribution in [-0.2, 0) is 9.53 Å². The SMILES string of the molecule is CC(C)(C)C(=O)N1C[C@@H]2[C@H](CNC(=O)c3ccoc3)[C@H]3CC[C@]2(C1)O3. The second kappa shape index (κ2) is 5.59. The Bertz CT molecular complexity index is 678. The maximum atomic E-state index is 12.7. The number of fused-ring (bicyclic) bond motifs is 1. The van der Waals surface area contributed by atoms with Crippen LogP contribution in [0, 0.1) is 17.3 Å². The van der Waals surface area contributed by atoms with Gasteiger partial charge in [0.15, 0.2) is 0 Å². The molecule has 4 heterocycles. The van der Waals surface area contributed by atoms with Crippen molar-refractivity contribution in [1.29, 1.82) is 0 Å². The van der Waals surface area contributed by atoms with Crippen LogP contribution in [0.25, 0.3) is 0 Å². The van der Waals surface area contributed by atoms with Gasteiger partial charge < -0.3 is 19.4 Å². The van der Waals surface area contributed by atoms with Gasteiger partial charge in [-0.2, -0.15) is 0 Å². The summed E-state index contributed by atoms with van der Waals surface area (Å²) in [5, 5.41) is 3.01. The van der Waals surface area contributed by atoms with E-state index in [2.05, 4.69) is 5.32 Å². The van der Waals surface area contributed by atoms with Gasteiger partial charge in [0.05, 0.1) is 30.1 Å². The fourth-order valence-corrected chi connectivity index (χ4v) is 4.80. The molecule has 4 rings (SSSR count). The van der Waals surface area contributed by atoms with Crippen molar-refractivity contribution in [1.82, 2.24) is 10.2 Å². The average Bonchev–Trinajstić information content (AvgIpc) is 3.30. The van der Waals surface area contributed by atoms with E-state index in [-0.39, 0.29) is 34.9 Å². The number of furan rings is 1. The van der Waals surface area contributed by atoms with E-state index in [1.54, 1.807) is 6.07 Å². The number of nitrogens with one attached hydrogen (secondary N) is 1.